The Balaban J connectivity index is 0. The van der Waals surface area contributed by atoms with Crippen molar-refractivity contribution in [2.24, 2.45) is 17.8 Å². The van der Waals surface area contributed by atoms with E-state index < -0.39 is 35.7 Å². The molecule has 0 fully saturated rings. The van der Waals surface area contributed by atoms with Gasteiger partial charge in [-0.15, -0.1) is 0 Å². The van der Waals surface area contributed by atoms with Crippen LogP contribution in [0.15, 0.2) is 0 Å². The molecule has 0 aliphatic carbocycles. The summed E-state index contributed by atoms with van der Waals surface area (Å²) in [6.45, 7) is 9.01. The minimum Gasteiger partial charge on any atom is -0.481 e. The van der Waals surface area contributed by atoms with Crippen LogP contribution < -0.4 is 0 Å². The number of esters is 2. The lowest BCUT2D eigenvalue weighted by Gasteiger charge is -2.16. The van der Waals surface area contributed by atoms with Crippen molar-refractivity contribution in [1.82, 2.24) is 0 Å². The van der Waals surface area contributed by atoms with E-state index in [0.717, 1.165) is 0 Å². The Hall–Kier alpha value is -2.12. The molecule has 0 aromatic heterocycles. The van der Waals surface area contributed by atoms with Crippen LogP contribution in [0.2, 0.25) is 0 Å². The van der Waals surface area contributed by atoms with Gasteiger partial charge in [0.2, 0.25) is 0 Å². The third kappa shape index (κ3) is 9.12. The molecule has 0 aliphatic heterocycles. The Morgan fingerprint density at radius 1 is 0.792 bits per heavy atom. The van der Waals surface area contributed by atoms with Crippen LogP contribution >= 0.6 is 0 Å². The molecule has 140 valence electrons. The van der Waals surface area contributed by atoms with Gasteiger partial charge >= 0.3 is 23.9 Å². The normalized spacial score (nSPS) is 10.2. The Morgan fingerprint density at radius 2 is 1.12 bits per heavy atom. The third-order valence-corrected chi connectivity index (χ3v) is 3.33. The molecule has 0 unspecified atom stereocenters. The van der Waals surface area contributed by atoms with E-state index in [1.54, 1.807) is 27.7 Å². The van der Waals surface area contributed by atoms with Gasteiger partial charge in [0.1, 0.15) is 0 Å². The number of aliphatic carboxylic acids is 2. The fourth-order valence-electron chi connectivity index (χ4n) is 1.90. The number of ether oxygens (including phenoxy) is 2. The molecule has 24 heavy (non-hydrogen) atoms. The largest absolute Gasteiger partial charge is 0.481 e. The average Bonchev–Trinajstić information content (AvgIpc) is 2.51. The predicted molar refractivity (Wildman–Crippen MR) is 85.3 cm³/mol. The summed E-state index contributed by atoms with van der Waals surface area (Å²) in [5, 5.41) is 17.2. The molecule has 0 saturated carbocycles. The van der Waals surface area contributed by atoms with Crippen LogP contribution in [0.4, 0.5) is 0 Å². The van der Waals surface area contributed by atoms with Gasteiger partial charge < -0.3 is 19.7 Å². The standard InChI is InChI=1S/2C8H14O4/c1-4-11-7(9)6(3)8(10)12-5-2;1-3-5(4-2)6(7(9)10)8(11)12/h6H,4-5H2,1-3H3;5-6H,3-4H2,1-2H3,(H,9,10)(H,11,12). The molecule has 8 heteroatoms. The maximum absolute atomic E-state index is 10.9. The van der Waals surface area contributed by atoms with Crippen molar-refractivity contribution in [2.75, 3.05) is 13.2 Å². The highest BCUT2D eigenvalue weighted by Gasteiger charge is 2.32. The predicted octanol–water partition coefficient (Wildman–Crippen LogP) is 1.96. The molecule has 0 aromatic rings. The first-order chi connectivity index (χ1) is 11.2. The number of rotatable bonds is 9. The zero-order valence-electron chi connectivity index (χ0n) is 14.9. The van der Waals surface area contributed by atoms with Crippen LogP contribution in [-0.2, 0) is 28.7 Å². The summed E-state index contributed by atoms with van der Waals surface area (Å²) < 4.78 is 9.26. The van der Waals surface area contributed by atoms with E-state index in [9.17, 15) is 19.2 Å². The van der Waals surface area contributed by atoms with E-state index in [4.69, 9.17) is 10.2 Å². The van der Waals surface area contributed by atoms with Crippen molar-refractivity contribution < 1.29 is 38.9 Å². The van der Waals surface area contributed by atoms with Crippen LogP contribution in [0, 0.1) is 17.8 Å². The van der Waals surface area contributed by atoms with E-state index in [1.165, 1.54) is 6.92 Å². The maximum Gasteiger partial charge on any atom is 0.320 e. The topological polar surface area (TPSA) is 127 Å². The molecule has 0 spiro atoms. The van der Waals surface area contributed by atoms with Crippen LogP contribution in [0.1, 0.15) is 47.5 Å². The van der Waals surface area contributed by atoms with E-state index >= 15 is 0 Å². The molecule has 0 amide bonds. The Labute approximate surface area is 142 Å². The van der Waals surface area contributed by atoms with Crippen molar-refractivity contribution in [3.8, 4) is 0 Å². The zero-order chi connectivity index (χ0) is 19.3. The first-order valence-electron chi connectivity index (χ1n) is 7.96. The Bertz CT molecular complexity index is 382. The average molecular weight is 348 g/mol. The lowest BCUT2D eigenvalue weighted by atomic mass is 9.88. The van der Waals surface area contributed by atoms with Crippen molar-refractivity contribution >= 4 is 23.9 Å². The van der Waals surface area contributed by atoms with Gasteiger partial charge in [-0.25, -0.2) is 0 Å². The maximum atomic E-state index is 10.9. The molecule has 8 nitrogen and oxygen atoms in total. The van der Waals surface area contributed by atoms with Gasteiger partial charge in [-0.3, -0.25) is 19.2 Å². The van der Waals surface area contributed by atoms with Crippen LogP contribution in [-0.4, -0.2) is 47.3 Å². The Morgan fingerprint density at radius 3 is 1.29 bits per heavy atom. The van der Waals surface area contributed by atoms with Gasteiger partial charge in [0.05, 0.1) is 13.2 Å². The number of hydrogen-bond donors (Lipinski definition) is 2. The molecule has 0 heterocycles. The van der Waals surface area contributed by atoms with Gasteiger partial charge in [-0.05, 0) is 26.7 Å². The van der Waals surface area contributed by atoms with Crippen molar-refractivity contribution in [2.45, 2.75) is 47.5 Å². The second-order valence-corrected chi connectivity index (χ2v) is 4.96. The number of carbonyl (C=O) groups excluding carboxylic acids is 2. The van der Waals surface area contributed by atoms with Crippen molar-refractivity contribution in [3.63, 3.8) is 0 Å². The summed E-state index contributed by atoms with van der Waals surface area (Å²) in [5.74, 6) is -5.87. The molecule has 2 N–H and O–H groups in total. The first kappa shape index (κ1) is 24.1. The number of carboxylic acid groups (broad SMARTS) is 2. The molecule has 0 aliphatic rings. The third-order valence-electron chi connectivity index (χ3n) is 3.33. The van der Waals surface area contributed by atoms with Gasteiger partial charge in [-0.1, -0.05) is 26.7 Å². The molecule has 0 radical (unpaired) electrons. The summed E-state index contributed by atoms with van der Waals surface area (Å²) in [7, 11) is 0. The SMILES string of the molecule is CCC(CC)C(C(=O)O)C(=O)O.CCOC(=O)C(C)C(=O)OCC. The molecular weight excluding hydrogens is 320 g/mol. The van der Waals surface area contributed by atoms with E-state index in [-0.39, 0.29) is 19.1 Å². The highest BCUT2D eigenvalue weighted by molar-refractivity contribution is 5.94. The van der Waals surface area contributed by atoms with Gasteiger partial charge in [0, 0.05) is 0 Å². The zero-order valence-corrected chi connectivity index (χ0v) is 14.9. The van der Waals surface area contributed by atoms with Gasteiger partial charge in [0.25, 0.3) is 0 Å². The van der Waals surface area contributed by atoms with E-state index in [1.807, 2.05) is 0 Å². The molecule has 0 atom stereocenters. The lowest BCUT2D eigenvalue weighted by molar-refractivity contribution is -0.161. The molecule has 0 bridgehead atoms. The molecule has 0 aromatic carbocycles. The molecular formula is C16H28O8. The number of carbonyl (C=O) groups is 4. The van der Waals surface area contributed by atoms with E-state index in [0.29, 0.717) is 12.8 Å². The summed E-state index contributed by atoms with van der Waals surface area (Å²) in [6, 6.07) is 0. The van der Waals surface area contributed by atoms with Crippen molar-refractivity contribution in [3.05, 3.63) is 0 Å². The van der Waals surface area contributed by atoms with Crippen molar-refractivity contribution in [1.29, 1.82) is 0 Å². The van der Waals surface area contributed by atoms with Gasteiger partial charge in [-0.2, -0.15) is 0 Å². The Kier molecular flexibility index (Phi) is 13.4. The summed E-state index contributed by atoms with van der Waals surface area (Å²) in [6.07, 6.45) is 1.17. The van der Waals surface area contributed by atoms with Gasteiger partial charge in [0.15, 0.2) is 11.8 Å². The molecule has 0 rings (SSSR count). The highest BCUT2D eigenvalue weighted by atomic mass is 16.6. The minimum absolute atomic E-state index is 0.264. The summed E-state index contributed by atoms with van der Waals surface area (Å²) in [4.78, 5) is 42.9. The number of hydrogen-bond acceptors (Lipinski definition) is 6. The lowest BCUT2D eigenvalue weighted by Crippen LogP contribution is -2.30. The fraction of sp³-hybridized carbons (Fsp3) is 0.750. The monoisotopic (exact) mass is 348 g/mol. The van der Waals surface area contributed by atoms with E-state index in [2.05, 4.69) is 9.47 Å². The first-order valence-corrected chi connectivity index (χ1v) is 7.96. The fourth-order valence-corrected chi connectivity index (χ4v) is 1.90. The number of carboxylic acids is 2. The quantitative estimate of drug-likeness (QED) is 0.478. The molecule has 0 saturated heterocycles. The minimum atomic E-state index is -1.25. The second-order valence-electron chi connectivity index (χ2n) is 4.96. The van der Waals surface area contributed by atoms with Crippen LogP contribution in [0.25, 0.3) is 0 Å². The summed E-state index contributed by atoms with van der Waals surface area (Å²) >= 11 is 0. The van der Waals surface area contributed by atoms with Crippen LogP contribution in [0.3, 0.4) is 0 Å². The second kappa shape index (κ2) is 13.3. The smallest absolute Gasteiger partial charge is 0.320 e. The summed E-state index contributed by atoms with van der Waals surface area (Å²) in [5.41, 5.74) is 0. The van der Waals surface area contributed by atoms with Crippen LogP contribution in [0.5, 0.6) is 0 Å². The highest BCUT2D eigenvalue weighted by Crippen LogP contribution is 2.19.